The molecule has 1 aromatic carbocycles. The average Bonchev–Trinajstić information content (AvgIpc) is 2.91. The van der Waals surface area contributed by atoms with Crippen molar-refractivity contribution in [3.8, 4) is 5.75 Å². The molecule has 1 heterocycles. The summed E-state index contributed by atoms with van der Waals surface area (Å²) in [6.45, 7) is 0.868. The first-order valence-corrected chi connectivity index (χ1v) is 7.59. The third kappa shape index (κ3) is 3.91. The molecule has 2 unspecified atom stereocenters. The van der Waals surface area contributed by atoms with E-state index in [1.165, 1.54) is 0 Å². The summed E-state index contributed by atoms with van der Waals surface area (Å²) < 4.78 is 10.7. The van der Waals surface area contributed by atoms with Gasteiger partial charge >= 0.3 is 0 Å². The van der Waals surface area contributed by atoms with Crippen LogP contribution in [0.25, 0.3) is 0 Å². The Kier molecular flexibility index (Phi) is 5.64. The lowest BCUT2D eigenvalue weighted by Crippen LogP contribution is -2.06. The van der Waals surface area contributed by atoms with Gasteiger partial charge < -0.3 is 9.47 Å². The van der Waals surface area contributed by atoms with E-state index in [1.807, 2.05) is 0 Å². The van der Waals surface area contributed by atoms with Crippen LogP contribution in [0.4, 0.5) is 0 Å². The van der Waals surface area contributed by atoms with Crippen molar-refractivity contribution >= 4 is 34.8 Å². The molecule has 1 aromatic rings. The fourth-order valence-electron chi connectivity index (χ4n) is 2.30. The minimum Gasteiger partial charge on any atom is -0.495 e. The lowest BCUT2D eigenvalue weighted by molar-refractivity contribution is 0.102. The molecular formula is C14H17Cl3O2. The molecule has 0 amide bonds. The van der Waals surface area contributed by atoms with Crippen LogP contribution in [0.3, 0.4) is 0 Å². The topological polar surface area (TPSA) is 18.5 Å². The van der Waals surface area contributed by atoms with Crippen molar-refractivity contribution in [2.24, 2.45) is 0 Å². The Labute approximate surface area is 128 Å². The van der Waals surface area contributed by atoms with Crippen LogP contribution in [-0.4, -0.2) is 19.8 Å². The van der Waals surface area contributed by atoms with Crippen LogP contribution in [0.15, 0.2) is 12.1 Å². The summed E-state index contributed by atoms with van der Waals surface area (Å²) in [5, 5.41) is 0.971. The fourth-order valence-corrected chi connectivity index (χ4v) is 3.20. The average molecular weight is 324 g/mol. The predicted octanol–water partition coefficient (Wildman–Crippen LogP) is 5.24. The van der Waals surface area contributed by atoms with E-state index >= 15 is 0 Å². The van der Waals surface area contributed by atoms with Gasteiger partial charge in [0.05, 0.1) is 23.6 Å². The molecule has 1 saturated heterocycles. The minimum absolute atomic E-state index is 0.153. The number of halogens is 3. The Hall–Kier alpha value is -0.150. The van der Waals surface area contributed by atoms with Gasteiger partial charge in [0.2, 0.25) is 0 Å². The highest BCUT2D eigenvalue weighted by atomic mass is 35.5. The van der Waals surface area contributed by atoms with E-state index in [-0.39, 0.29) is 5.38 Å². The minimum atomic E-state index is -0.153. The van der Waals surface area contributed by atoms with Gasteiger partial charge in [-0.15, -0.1) is 11.6 Å². The molecule has 0 radical (unpaired) electrons. The Morgan fingerprint density at radius 1 is 1.37 bits per heavy atom. The lowest BCUT2D eigenvalue weighted by Gasteiger charge is -2.16. The number of hydrogen-bond acceptors (Lipinski definition) is 2. The fraction of sp³-hybridized carbons (Fsp3) is 0.571. The third-order valence-corrected chi connectivity index (χ3v) is 4.45. The molecule has 2 atom stereocenters. The van der Waals surface area contributed by atoms with E-state index < -0.39 is 0 Å². The van der Waals surface area contributed by atoms with Crippen LogP contribution in [-0.2, 0) is 4.74 Å². The molecule has 0 spiro atoms. The Morgan fingerprint density at radius 2 is 2.16 bits per heavy atom. The van der Waals surface area contributed by atoms with Crippen LogP contribution in [0.2, 0.25) is 10.0 Å². The second-order valence-electron chi connectivity index (χ2n) is 4.69. The third-order valence-electron chi connectivity index (χ3n) is 3.37. The normalized spacial score (nSPS) is 20.5. The summed E-state index contributed by atoms with van der Waals surface area (Å²) in [5.41, 5.74) is 0.854. The Morgan fingerprint density at radius 3 is 2.79 bits per heavy atom. The van der Waals surface area contributed by atoms with Gasteiger partial charge in [0.1, 0.15) is 5.75 Å². The summed E-state index contributed by atoms with van der Waals surface area (Å²) in [6.07, 6.45) is 4.39. The first-order valence-electron chi connectivity index (χ1n) is 6.40. The first kappa shape index (κ1) is 15.2. The highest BCUT2D eigenvalue weighted by Crippen LogP contribution is 2.38. The number of ether oxygens (including phenoxy) is 2. The van der Waals surface area contributed by atoms with Gasteiger partial charge in [0.15, 0.2) is 0 Å². The lowest BCUT2D eigenvalue weighted by atomic mass is 10.0. The van der Waals surface area contributed by atoms with Gasteiger partial charge in [-0.2, -0.15) is 0 Å². The van der Waals surface area contributed by atoms with E-state index in [9.17, 15) is 0 Å². The summed E-state index contributed by atoms with van der Waals surface area (Å²) in [7, 11) is 1.56. The molecule has 0 saturated carbocycles. The second kappa shape index (κ2) is 7.03. The van der Waals surface area contributed by atoms with Crippen LogP contribution in [0, 0.1) is 0 Å². The first-order chi connectivity index (χ1) is 9.11. The maximum atomic E-state index is 6.42. The SMILES string of the molecule is COc1cc(Cl)c(C(Cl)CCC2CCCO2)cc1Cl. The van der Waals surface area contributed by atoms with Gasteiger partial charge in [-0.25, -0.2) is 0 Å². The smallest absolute Gasteiger partial charge is 0.138 e. The molecule has 19 heavy (non-hydrogen) atoms. The van der Waals surface area contributed by atoms with Gasteiger partial charge in [-0.1, -0.05) is 23.2 Å². The molecule has 2 nitrogen and oxygen atoms in total. The molecule has 0 aliphatic carbocycles. The molecule has 0 bridgehead atoms. The van der Waals surface area contributed by atoms with Crippen molar-refractivity contribution in [1.29, 1.82) is 0 Å². The van der Waals surface area contributed by atoms with Crippen LogP contribution < -0.4 is 4.74 Å². The zero-order chi connectivity index (χ0) is 13.8. The van der Waals surface area contributed by atoms with E-state index in [0.717, 1.165) is 37.9 Å². The van der Waals surface area contributed by atoms with Crippen molar-refractivity contribution < 1.29 is 9.47 Å². The molecule has 1 aliphatic rings. The zero-order valence-electron chi connectivity index (χ0n) is 10.8. The highest BCUT2D eigenvalue weighted by molar-refractivity contribution is 6.35. The predicted molar refractivity (Wildman–Crippen MR) is 79.8 cm³/mol. The summed E-state index contributed by atoms with van der Waals surface area (Å²) in [4.78, 5) is 0. The molecular weight excluding hydrogens is 307 g/mol. The van der Waals surface area contributed by atoms with E-state index in [1.54, 1.807) is 19.2 Å². The van der Waals surface area contributed by atoms with Crippen molar-refractivity contribution in [3.63, 3.8) is 0 Å². The summed E-state index contributed by atoms with van der Waals surface area (Å²) >= 11 is 18.7. The maximum absolute atomic E-state index is 6.42. The zero-order valence-corrected chi connectivity index (χ0v) is 13.1. The summed E-state index contributed by atoms with van der Waals surface area (Å²) in [6, 6.07) is 3.50. The molecule has 5 heteroatoms. The van der Waals surface area contributed by atoms with Crippen molar-refractivity contribution in [2.75, 3.05) is 13.7 Å². The molecule has 1 aliphatic heterocycles. The Balaban J connectivity index is 2.01. The molecule has 0 aromatic heterocycles. The van der Waals surface area contributed by atoms with Crippen LogP contribution in [0.5, 0.6) is 5.75 Å². The van der Waals surface area contributed by atoms with Crippen LogP contribution >= 0.6 is 34.8 Å². The number of alkyl halides is 1. The van der Waals surface area contributed by atoms with Gasteiger partial charge in [-0.05, 0) is 37.3 Å². The molecule has 1 fully saturated rings. The quantitative estimate of drug-likeness (QED) is 0.690. The number of benzene rings is 1. The highest BCUT2D eigenvalue weighted by Gasteiger charge is 2.20. The van der Waals surface area contributed by atoms with Gasteiger partial charge in [0.25, 0.3) is 0 Å². The van der Waals surface area contributed by atoms with Crippen molar-refractivity contribution in [3.05, 3.63) is 27.7 Å². The van der Waals surface area contributed by atoms with Crippen molar-refractivity contribution in [2.45, 2.75) is 37.2 Å². The number of hydrogen-bond donors (Lipinski definition) is 0. The van der Waals surface area contributed by atoms with E-state index in [0.29, 0.717) is 21.9 Å². The number of methoxy groups -OCH3 is 1. The number of rotatable bonds is 5. The molecule has 106 valence electrons. The molecule has 0 N–H and O–H groups in total. The van der Waals surface area contributed by atoms with E-state index in [4.69, 9.17) is 44.3 Å². The van der Waals surface area contributed by atoms with Crippen LogP contribution in [0.1, 0.15) is 36.6 Å². The van der Waals surface area contributed by atoms with E-state index in [2.05, 4.69) is 0 Å². The maximum Gasteiger partial charge on any atom is 0.138 e. The largest absolute Gasteiger partial charge is 0.495 e. The van der Waals surface area contributed by atoms with Crippen molar-refractivity contribution in [1.82, 2.24) is 0 Å². The van der Waals surface area contributed by atoms with Gasteiger partial charge in [0, 0.05) is 17.7 Å². The monoisotopic (exact) mass is 322 g/mol. The second-order valence-corrected chi connectivity index (χ2v) is 6.03. The summed E-state index contributed by atoms with van der Waals surface area (Å²) in [5.74, 6) is 0.568. The standard InChI is InChI=1S/C14H17Cl3O2/c1-18-14-8-12(16)10(7-13(14)17)11(15)5-4-9-3-2-6-19-9/h7-9,11H,2-6H2,1H3. The van der Waals surface area contributed by atoms with Gasteiger partial charge in [-0.3, -0.25) is 0 Å². The Bertz CT molecular complexity index is 431. The molecule has 2 rings (SSSR count).